The van der Waals surface area contributed by atoms with Crippen molar-refractivity contribution in [3.8, 4) is 0 Å². The maximum atomic E-state index is 12.8. The fourth-order valence-electron chi connectivity index (χ4n) is 2.68. The molecule has 0 aliphatic carbocycles. The van der Waals surface area contributed by atoms with Crippen LogP contribution in [-0.2, 0) is 19.4 Å². The average Bonchev–Trinajstić information content (AvgIpc) is 2.55. The van der Waals surface area contributed by atoms with Crippen molar-refractivity contribution < 1.29 is 4.39 Å². The SMILES string of the molecule is Cl.Cl.O=c1[nH]nc(CCNCc2ccc(F)cc2)c2c1CCCN2. The maximum absolute atomic E-state index is 12.8. The minimum absolute atomic E-state index is 0. The molecule has 3 rings (SSSR count). The summed E-state index contributed by atoms with van der Waals surface area (Å²) >= 11 is 0. The molecule has 0 saturated heterocycles. The minimum atomic E-state index is -0.223. The van der Waals surface area contributed by atoms with Gasteiger partial charge in [0.2, 0.25) is 0 Å². The van der Waals surface area contributed by atoms with Gasteiger partial charge < -0.3 is 10.6 Å². The molecule has 0 fully saturated rings. The van der Waals surface area contributed by atoms with Gasteiger partial charge in [0.25, 0.3) is 5.56 Å². The van der Waals surface area contributed by atoms with Gasteiger partial charge in [0, 0.05) is 31.6 Å². The third-order valence-corrected chi connectivity index (χ3v) is 3.84. The number of fused-ring (bicyclic) bond motifs is 1. The third kappa shape index (κ3) is 4.93. The van der Waals surface area contributed by atoms with Crippen molar-refractivity contribution in [2.24, 2.45) is 0 Å². The van der Waals surface area contributed by atoms with E-state index in [0.29, 0.717) is 6.54 Å². The number of nitrogens with one attached hydrogen (secondary N) is 3. The van der Waals surface area contributed by atoms with Crippen LogP contribution < -0.4 is 16.2 Å². The lowest BCUT2D eigenvalue weighted by atomic mass is 10.0. The van der Waals surface area contributed by atoms with Crippen LogP contribution in [0, 0.1) is 5.82 Å². The lowest BCUT2D eigenvalue weighted by Crippen LogP contribution is -2.26. The molecule has 0 unspecified atom stereocenters. The fraction of sp³-hybridized carbons (Fsp3) is 0.375. The lowest BCUT2D eigenvalue weighted by molar-refractivity contribution is 0.624. The summed E-state index contributed by atoms with van der Waals surface area (Å²) in [5.74, 6) is -0.223. The van der Waals surface area contributed by atoms with Gasteiger partial charge in [-0.25, -0.2) is 9.49 Å². The first-order chi connectivity index (χ1) is 10.7. The summed E-state index contributed by atoms with van der Waals surface area (Å²) in [6.45, 7) is 2.30. The van der Waals surface area contributed by atoms with Crippen molar-refractivity contribution in [2.45, 2.75) is 25.8 Å². The molecule has 5 nitrogen and oxygen atoms in total. The number of halogens is 3. The number of H-pyrrole nitrogens is 1. The van der Waals surface area contributed by atoms with Gasteiger partial charge in [-0.1, -0.05) is 12.1 Å². The van der Waals surface area contributed by atoms with E-state index in [0.717, 1.165) is 54.9 Å². The summed E-state index contributed by atoms with van der Waals surface area (Å²) in [7, 11) is 0. The molecule has 0 saturated carbocycles. The van der Waals surface area contributed by atoms with Crippen LogP contribution in [0.3, 0.4) is 0 Å². The van der Waals surface area contributed by atoms with Crippen LogP contribution in [0.15, 0.2) is 29.1 Å². The van der Waals surface area contributed by atoms with Crippen LogP contribution in [-0.4, -0.2) is 23.3 Å². The van der Waals surface area contributed by atoms with Crippen LogP contribution in [0.25, 0.3) is 0 Å². The summed E-state index contributed by atoms with van der Waals surface area (Å²) in [4.78, 5) is 11.8. The second-order valence-electron chi connectivity index (χ2n) is 5.44. The summed E-state index contributed by atoms with van der Waals surface area (Å²) in [5, 5.41) is 13.3. The predicted molar refractivity (Wildman–Crippen MR) is 98.0 cm³/mol. The van der Waals surface area contributed by atoms with Gasteiger partial charge in [-0.2, -0.15) is 5.10 Å². The Morgan fingerprint density at radius 3 is 2.71 bits per heavy atom. The largest absolute Gasteiger partial charge is 0.383 e. The topological polar surface area (TPSA) is 69.8 Å². The number of aromatic amines is 1. The molecule has 0 spiro atoms. The van der Waals surface area contributed by atoms with Crippen molar-refractivity contribution in [1.82, 2.24) is 15.5 Å². The normalized spacial score (nSPS) is 12.4. The van der Waals surface area contributed by atoms with E-state index in [-0.39, 0.29) is 36.2 Å². The van der Waals surface area contributed by atoms with Gasteiger partial charge in [0.05, 0.1) is 11.4 Å². The van der Waals surface area contributed by atoms with Gasteiger partial charge in [-0.3, -0.25) is 4.79 Å². The van der Waals surface area contributed by atoms with E-state index < -0.39 is 0 Å². The van der Waals surface area contributed by atoms with E-state index in [2.05, 4.69) is 20.8 Å². The zero-order valence-electron chi connectivity index (χ0n) is 13.1. The van der Waals surface area contributed by atoms with E-state index in [1.54, 1.807) is 12.1 Å². The Hall–Kier alpha value is -1.63. The van der Waals surface area contributed by atoms with Crippen LogP contribution in [0.2, 0.25) is 0 Å². The second kappa shape index (κ2) is 9.61. The molecular formula is C16H21Cl2FN4O. The number of benzene rings is 1. The lowest BCUT2D eigenvalue weighted by Gasteiger charge is -2.19. The molecule has 132 valence electrons. The van der Waals surface area contributed by atoms with Gasteiger partial charge in [0.1, 0.15) is 5.82 Å². The number of nitrogens with zero attached hydrogens (tertiary/aromatic N) is 1. The van der Waals surface area contributed by atoms with Crippen LogP contribution in [0.5, 0.6) is 0 Å². The summed E-state index contributed by atoms with van der Waals surface area (Å²) in [6, 6.07) is 6.45. The molecule has 0 radical (unpaired) electrons. The summed E-state index contributed by atoms with van der Waals surface area (Å²) in [6.07, 6.45) is 2.51. The molecule has 2 aromatic rings. The standard InChI is InChI=1S/C16H19FN4O.2ClH/c17-12-5-3-11(4-6-12)10-18-9-7-14-15-13(2-1-8-19-15)16(22)21-20-14;;/h3-6,18-19H,1-2,7-10H2,(H,21,22);2*1H. The highest BCUT2D eigenvalue weighted by Crippen LogP contribution is 2.21. The van der Waals surface area contributed by atoms with Crippen molar-refractivity contribution >= 4 is 30.5 Å². The fourth-order valence-corrected chi connectivity index (χ4v) is 2.68. The summed E-state index contributed by atoms with van der Waals surface area (Å²) in [5.41, 5.74) is 3.55. The summed E-state index contributed by atoms with van der Waals surface area (Å²) < 4.78 is 12.8. The average molecular weight is 375 g/mol. The Labute approximate surface area is 152 Å². The molecule has 2 heterocycles. The van der Waals surface area contributed by atoms with Gasteiger partial charge in [-0.15, -0.1) is 24.8 Å². The molecule has 8 heteroatoms. The molecule has 0 bridgehead atoms. The Bertz CT molecular complexity index is 706. The minimum Gasteiger partial charge on any atom is -0.383 e. The van der Waals surface area contributed by atoms with E-state index in [9.17, 15) is 9.18 Å². The predicted octanol–water partition coefficient (Wildman–Crippen LogP) is 2.44. The third-order valence-electron chi connectivity index (χ3n) is 3.84. The highest BCUT2D eigenvalue weighted by atomic mass is 35.5. The number of hydrogen-bond donors (Lipinski definition) is 3. The molecule has 0 amide bonds. The highest BCUT2D eigenvalue weighted by molar-refractivity contribution is 5.85. The molecule has 1 aromatic heterocycles. The molecule has 24 heavy (non-hydrogen) atoms. The molecule has 3 N–H and O–H groups in total. The monoisotopic (exact) mass is 374 g/mol. The second-order valence-corrected chi connectivity index (χ2v) is 5.44. The van der Waals surface area contributed by atoms with Crippen molar-refractivity contribution in [3.05, 3.63) is 57.3 Å². The van der Waals surface area contributed by atoms with E-state index >= 15 is 0 Å². The maximum Gasteiger partial charge on any atom is 0.269 e. The zero-order valence-corrected chi connectivity index (χ0v) is 14.7. The van der Waals surface area contributed by atoms with Crippen molar-refractivity contribution in [1.29, 1.82) is 0 Å². The number of hydrogen-bond acceptors (Lipinski definition) is 4. The van der Waals surface area contributed by atoms with Crippen molar-refractivity contribution in [2.75, 3.05) is 18.4 Å². The molecular weight excluding hydrogens is 354 g/mol. The number of rotatable bonds is 5. The quantitative estimate of drug-likeness (QED) is 0.703. The number of aromatic nitrogens is 2. The zero-order chi connectivity index (χ0) is 15.4. The van der Waals surface area contributed by atoms with E-state index in [1.165, 1.54) is 12.1 Å². The Morgan fingerprint density at radius 1 is 1.21 bits per heavy atom. The smallest absolute Gasteiger partial charge is 0.269 e. The number of anilines is 1. The Balaban J connectivity index is 0.00000144. The first-order valence-corrected chi connectivity index (χ1v) is 7.53. The van der Waals surface area contributed by atoms with Gasteiger partial charge in [0.15, 0.2) is 0 Å². The van der Waals surface area contributed by atoms with E-state index in [1.807, 2.05) is 0 Å². The Kier molecular flexibility index (Phi) is 8.18. The Morgan fingerprint density at radius 2 is 1.96 bits per heavy atom. The molecule has 1 aliphatic heterocycles. The van der Waals surface area contributed by atoms with Crippen molar-refractivity contribution in [3.63, 3.8) is 0 Å². The molecule has 1 aromatic carbocycles. The van der Waals surface area contributed by atoms with Gasteiger partial charge >= 0.3 is 0 Å². The highest BCUT2D eigenvalue weighted by Gasteiger charge is 2.16. The first-order valence-electron chi connectivity index (χ1n) is 7.53. The van der Waals surface area contributed by atoms with Crippen LogP contribution in [0.4, 0.5) is 10.1 Å². The first kappa shape index (κ1) is 20.4. The van der Waals surface area contributed by atoms with E-state index in [4.69, 9.17) is 0 Å². The van der Waals surface area contributed by atoms with Crippen LogP contribution >= 0.6 is 24.8 Å². The molecule has 1 aliphatic rings. The molecule has 0 atom stereocenters. The van der Waals surface area contributed by atoms with Crippen LogP contribution in [0.1, 0.15) is 23.2 Å². The van der Waals surface area contributed by atoms with Gasteiger partial charge in [-0.05, 0) is 30.5 Å².